The Bertz CT molecular complexity index is 1710. The number of nitrogens with zero attached hydrogens (tertiary/aromatic N) is 2. The highest BCUT2D eigenvalue weighted by atomic mass is 32.1. The Balaban J connectivity index is 1.50. The number of aromatic nitrogens is 2. The number of para-hydroxylation sites is 1. The molecule has 0 amide bonds. The molecule has 1 N–H and O–H groups in total. The van der Waals surface area contributed by atoms with Gasteiger partial charge in [-0.3, -0.25) is 4.98 Å². The molecule has 0 radical (unpaired) electrons. The average Bonchev–Trinajstić information content (AvgIpc) is 3.38. The molecule has 0 atom stereocenters. The standard InChI is InChI=1S/C33H26N2OS/c1-33(2,24-13-4-3-5-14-24)26-16-10-18-28(36)30(26)32-35-31-25(15-9-19-29(31)37-32)22-11-8-12-23(21-22)27-17-6-7-20-34-27/h3-21,36H,1-2H3. The highest BCUT2D eigenvalue weighted by Crippen LogP contribution is 2.45. The van der Waals surface area contributed by atoms with Crippen LogP contribution in [0.25, 0.3) is 43.2 Å². The molecule has 2 aromatic heterocycles. The van der Waals surface area contributed by atoms with Gasteiger partial charge in [0.2, 0.25) is 0 Å². The summed E-state index contributed by atoms with van der Waals surface area (Å²) in [5, 5.41) is 11.9. The molecule has 6 aromatic rings. The van der Waals surface area contributed by atoms with Crippen LogP contribution in [0.3, 0.4) is 0 Å². The van der Waals surface area contributed by atoms with Crippen LogP contribution < -0.4 is 0 Å². The third-order valence-electron chi connectivity index (χ3n) is 6.98. The molecule has 0 fully saturated rings. The summed E-state index contributed by atoms with van der Waals surface area (Å²) in [6, 6.07) is 36.9. The average molecular weight is 499 g/mol. The number of pyridine rings is 1. The van der Waals surface area contributed by atoms with Crippen LogP contribution in [0.5, 0.6) is 5.75 Å². The van der Waals surface area contributed by atoms with Crippen molar-refractivity contribution < 1.29 is 5.11 Å². The third-order valence-corrected chi connectivity index (χ3v) is 8.02. The lowest BCUT2D eigenvalue weighted by Gasteiger charge is -2.28. The summed E-state index contributed by atoms with van der Waals surface area (Å²) in [6.45, 7) is 4.39. The van der Waals surface area contributed by atoms with E-state index in [0.29, 0.717) is 0 Å². The van der Waals surface area contributed by atoms with Crippen LogP contribution >= 0.6 is 11.3 Å². The Morgan fingerprint density at radius 1 is 0.730 bits per heavy atom. The molecule has 0 aliphatic heterocycles. The van der Waals surface area contributed by atoms with E-state index in [-0.39, 0.29) is 11.2 Å². The van der Waals surface area contributed by atoms with Gasteiger partial charge in [0.05, 0.1) is 21.5 Å². The molecule has 2 heterocycles. The van der Waals surface area contributed by atoms with E-state index < -0.39 is 0 Å². The van der Waals surface area contributed by atoms with E-state index in [2.05, 4.69) is 91.6 Å². The van der Waals surface area contributed by atoms with Crippen molar-refractivity contribution in [2.24, 2.45) is 0 Å². The normalized spacial score (nSPS) is 11.6. The second kappa shape index (κ2) is 9.30. The lowest BCUT2D eigenvalue weighted by Crippen LogP contribution is -2.20. The number of thiazole rings is 1. The fraction of sp³-hybridized carbons (Fsp3) is 0.0909. The first kappa shape index (κ1) is 23.1. The first-order chi connectivity index (χ1) is 18.0. The lowest BCUT2D eigenvalue weighted by molar-refractivity contribution is 0.474. The molecule has 0 aliphatic carbocycles. The van der Waals surface area contributed by atoms with Crippen molar-refractivity contribution in [3.05, 3.63) is 127 Å². The van der Waals surface area contributed by atoms with Crippen LogP contribution in [0.2, 0.25) is 0 Å². The Hall–Kier alpha value is -4.28. The first-order valence-corrected chi connectivity index (χ1v) is 13.1. The molecule has 0 aliphatic rings. The highest BCUT2D eigenvalue weighted by molar-refractivity contribution is 7.21. The predicted octanol–water partition coefficient (Wildman–Crippen LogP) is 8.72. The summed E-state index contributed by atoms with van der Waals surface area (Å²) in [6.07, 6.45) is 1.82. The summed E-state index contributed by atoms with van der Waals surface area (Å²) < 4.78 is 1.09. The largest absolute Gasteiger partial charge is 0.507 e. The quantitative estimate of drug-likeness (QED) is 0.258. The Morgan fingerprint density at radius 3 is 2.30 bits per heavy atom. The zero-order chi connectivity index (χ0) is 25.4. The molecule has 0 bridgehead atoms. The van der Waals surface area contributed by atoms with Gasteiger partial charge in [0.1, 0.15) is 10.8 Å². The molecule has 3 nitrogen and oxygen atoms in total. The summed E-state index contributed by atoms with van der Waals surface area (Å²) in [5.41, 5.74) is 7.83. The molecule has 0 spiro atoms. The van der Waals surface area contributed by atoms with E-state index in [4.69, 9.17) is 4.98 Å². The number of aromatic hydroxyl groups is 1. The summed E-state index contributed by atoms with van der Waals surface area (Å²) in [4.78, 5) is 9.65. The van der Waals surface area contributed by atoms with Crippen molar-refractivity contribution in [3.63, 3.8) is 0 Å². The van der Waals surface area contributed by atoms with Crippen molar-refractivity contribution in [2.45, 2.75) is 19.3 Å². The molecule has 0 saturated heterocycles. The maximum Gasteiger partial charge on any atom is 0.128 e. The van der Waals surface area contributed by atoms with Gasteiger partial charge in [-0.15, -0.1) is 11.3 Å². The third kappa shape index (κ3) is 4.20. The monoisotopic (exact) mass is 498 g/mol. The van der Waals surface area contributed by atoms with E-state index in [1.165, 1.54) is 5.56 Å². The number of rotatable bonds is 5. The smallest absolute Gasteiger partial charge is 0.128 e. The summed E-state index contributed by atoms with van der Waals surface area (Å²) in [7, 11) is 0. The molecule has 0 saturated carbocycles. The number of hydrogen-bond acceptors (Lipinski definition) is 4. The van der Waals surface area contributed by atoms with Crippen molar-refractivity contribution in [3.8, 4) is 38.7 Å². The van der Waals surface area contributed by atoms with Crippen LogP contribution in [0.4, 0.5) is 0 Å². The van der Waals surface area contributed by atoms with E-state index in [1.54, 1.807) is 17.4 Å². The number of phenolic OH excluding ortho intramolecular Hbond substituents is 1. The topological polar surface area (TPSA) is 46.0 Å². The molecule has 0 unspecified atom stereocenters. The number of fused-ring (bicyclic) bond motifs is 1. The van der Waals surface area contributed by atoms with Crippen molar-refractivity contribution in [1.29, 1.82) is 0 Å². The zero-order valence-electron chi connectivity index (χ0n) is 20.7. The van der Waals surface area contributed by atoms with Crippen LogP contribution in [0.15, 0.2) is 115 Å². The zero-order valence-corrected chi connectivity index (χ0v) is 21.5. The minimum absolute atomic E-state index is 0.249. The second-order valence-corrected chi connectivity index (χ2v) is 10.7. The maximum absolute atomic E-state index is 11.1. The lowest BCUT2D eigenvalue weighted by atomic mass is 9.76. The molecule has 37 heavy (non-hydrogen) atoms. The van der Waals surface area contributed by atoms with Crippen LogP contribution in [0, 0.1) is 0 Å². The van der Waals surface area contributed by atoms with E-state index in [1.807, 2.05) is 36.5 Å². The fourth-order valence-electron chi connectivity index (χ4n) is 4.96. The van der Waals surface area contributed by atoms with Crippen molar-refractivity contribution in [2.75, 3.05) is 0 Å². The predicted molar refractivity (Wildman–Crippen MR) is 154 cm³/mol. The number of benzene rings is 4. The van der Waals surface area contributed by atoms with Gasteiger partial charge in [0, 0.05) is 22.7 Å². The van der Waals surface area contributed by atoms with E-state index in [0.717, 1.165) is 48.7 Å². The fourth-order valence-corrected chi connectivity index (χ4v) is 6.02. The molecular formula is C33H26N2OS. The van der Waals surface area contributed by atoms with E-state index in [9.17, 15) is 5.11 Å². The van der Waals surface area contributed by atoms with Crippen molar-refractivity contribution >= 4 is 21.6 Å². The van der Waals surface area contributed by atoms with Crippen LogP contribution in [0.1, 0.15) is 25.0 Å². The van der Waals surface area contributed by atoms with Gasteiger partial charge in [-0.2, -0.15) is 0 Å². The van der Waals surface area contributed by atoms with Gasteiger partial charge in [-0.05, 0) is 47.0 Å². The Kier molecular flexibility index (Phi) is 5.82. The van der Waals surface area contributed by atoms with Gasteiger partial charge in [-0.1, -0.05) is 92.7 Å². The van der Waals surface area contributed by atoms with E-state index >= 15 is 0 Å². The van der Waals surface area contributed by atoms with Gasteiger partial charge in [0.15, 0.2) is 0 Å². The Morgan fingerprint density at radius 2 is 1.49 bits per heavy atom. The number of hydrogen-bond donors (Lipinski definition) is 1. The SMILES string of the molecule is CC(C)(c1ccccc1)c1cccc(O)c1-c1nc2c(-c3cccc(-c4ccccn4)c3)cccc2s1. The Labute approximate surface area is 220 Å². The first-order valence-electron chi connectivity index (χ1n) is 12.3. The van der Waals surface area contributed by atoms with Crippen molar-refractivity contribution in [1.82, 2.24) is 9.97 Å². The van der Waals surface area contributed by atoms with Gasteiger partial charge >= 0.3 is 0 Å². The van der Waals surface area contributed by atoms with Crippen LogP contribution in [-0.4, -0.2) is 15.1 Å². The molecular weight excluding hydrogens is 472 g/mol. The van der Waals surface area contributed by atoms with Gasteiger partial charge < -0.3 is 5.11 Å². The van der Waals surface area contributed by atoms with Gasteiger partial charge in [0.25, 0.3) is 0 Å². The minimum atomic E-state index is -0.312. The molecule has 4 heteroatoms. The van der Waals surface area contributed by atoms with Crippen LogP contribution in [-0.2, 0) is 5.41 Å². The molecule has 180 valence electrons. The number of phenols is 1. The highest BCUT2D eigenvalue weighted by Gasteiger charge is 2.29. The minimum Gasteiger partial charge on any atom is -0.507 e. The molecule has 4 aromatic carbocycles. The molecule has 6 rings (SSSR count). The summed E-state index contributed by atoms with van der Waals surface area (Å²) in [5.74, 6) is 0.249. The second-order valence-electron chi connectivity index (χ2n) is 9.66. The maximum atomic E-state index is 11.1. The summed E-state index contributed by atoms with van der Waals surface area (Å²) >= 11 is 1.62. The van der Waals surface area contributed by atoms with Gasteiger partial charge in [-0.25, -0.2) is 4.98 Å².